The fraction of sp³-hybridized carbons (Fsp3) is 0.385. The highest BCUT2D eigenvalue weighted by Crippen LogP contribution is 2.41. The molecule has 0 aliphatic carbocycles. The molecular weight excluding hydrogens is 469 g/mol. The SMILES string of the molecule is CC(C)(C)OC(=O)N1CCc2c(cccc2-c2c(F)cc(C(N)=O)c3[nH]c4c(c23)CS(=O)CC4)C1. The van der Waals surface area contributed by atoms with E-state index in [-0.39, 0.29) is 11.7 Å². The third-order valence-electron chi connectivity index (χ3n) is 6.56. The first-order chi connectivity index (χ1) is 16.5. The first kappa shape index (κ1) is 23.5. The number of fused-ring (bicyclic) bond motifs is 4. The summed E-state index contributed by atoms with van der Waals surface area (Å²) in [4.78, 5) is 29.7. The van der Waals surface area contributed by atoms with E-state index in [1.165, 1.54) is 6.07 Å². The number of benzene rings is 2. The van der Waals surface area contributed by atoms with Crippen LogP contribution in [0, 0.1) is 5.82 Å². The van der Waals surface area contributed by atoms with E-state index in [0.717, 1.165) is 22.4 Å². The van der Waals surface area contributed by atoms with Crippen LogP contribution in [-0.2, 0) is 40.7 Å². The molecule has 9 heteroatoms. The molecule has 7 nitrogen and oxygen atoms in total. The van der Waals surface area contributed by atoms with Gasteiger partial charge in [-0.05, 0) is 61.9 Å². The predicted molar refractivity (Wildman–Crippen MR) is 133 cm³/mol. The van der Waals surface area contributed by atoms with E-state index in [0.29, 0.717) is 59.5 Å². The van der Waals surface area contributed by atoms with Crippen LogP contribution >= 0.6 is 0 Å². The molecule has 2 amide bonds. The molecule has 3 heterocycles. The fourth-order valence-corrected chi connectivity index (χ4v) is 6.28. The summed E-state index contributed by atoms with van der Waals surface area (Å²) >= 11 is 0. The second-order valence-corrected chi connectivity index (χ2v) is 11.7. The minimum Gasteiger partial charge on any atom is -0.444 e. The Bertz CT molecular complexity index is 1410. The van der Waals surface area contributed by atoms with Gasteiger partial charge in [-0.1, -0.05) is 18.2 Å². The molecule has 0 saturated heterocycles. The molecule has 1 unspecified atom stereocenters. The van der Waals surface area contributed by atoms with Crippen LogP contribution in [0.5, 0.6) is 0 Å². The number of H-pyrrole nitrogens is 1. The largest absolute Gasteiger partial charge is 0.444 e. The minimum absolute atomic E-state index is 0.0855. The number of hydrogen-bond donors (Lipinski definition) is 2. The molecule has 0 saturated carbocycles. The zero-order chi connectivity index (χ0) is 25.1. The first-order valence-electron chi connectivity index (χ1n) is 11.6. The molecule has 3 N–H and O–H groups in total. The molecule has 35 heavy (non-hydrogen) atoms. The highest BCUT2D eigenvalue weighted by atomic mass is 32.2. The molecule has 0 spiro atoms. The van der Waals surface area contributed by atoms with Crippen molar-refractivity contribution in [2.24, 2.45) is 5.73 Å². The number of amides is 2. The van der Waals surface area contributed by atoms with Gasteiger partial charge in [0.05, 0.1) is 16.8 Å². The molecule has 3 aromatic rings. The van der Waals surface area contributed by atoms with E-state index in [1.807, 2.05) is 39.0 Å². The van der Waals surface area contributed by atoms with Crippen molar-refractivity contribution < 1.29 is 22.9 Å². The van der Waals surface area contributed by atoms with Gasteiger partial charge >= 0.3 is 6.09 Å². The maximum Gasteiger partial charge on any atom is 0.410 e. The van der Waals surface area contributed by atoms with Crippen molar-refractivity contribution in [1.29, 1.82) is 0 Å². The van der Waals surface area contributed by atoms with Crippen LogP contribution in [0.15, 0.2) is 24.3 Å². The lowest BCUT2D eigenvalue weighted by Gasteiger charge is -2.32. The summed E-state index contributed by atoms with van der Waals surface area (Å²) in [6.45, 7) is 6.29. The number of carbonyl (C=O) groups excluding carboxylic acids is 2. The highest BCUT2D eigenvalue weighted by molar-refractivity contribution is 7.84. The second-order valence-electron chi connectivity index (χ2n) is 10.1. The van der Waals surface area contributed by atoms with Crippen molar-refractivity contribution in [1.82, 2.24) is 9.88 Å². The van der Waals surface area contributed by atoms with Gasteiger partial charge in [0.25, 0.3) is 5.91 Å². The van der Waals surface area contributed by atoms with Gasteiger partial charge in [-0.25, -0.2) is 9.18 Å². The summed E-state index contributed by atoms with van der Waals surface area (Å²) in [5.41, 5.74) is 10.2. The summed E-state index contributed by atoms with van der Waals surface area (Å²) in [5, 5.41) is 0.574. The zero-order valence-electron chi connectivity index (χ0n) is 20.0. The Balaban J connectivity index is 1.66. The highest BCUT2D eigenvalue weighted by Gasteiger charge is 2.30. The summed E-state index contributed by atoms with van der Waals surface area (Å²) < 4.78 is 33.7. The molecular formula is C26H28FN3O4S. The van der Waals surface area contributed by atoms with E-state index >= 15 is 4.39 Å². The summed E-state index contributed by atoms with van der Waals surface area (Å²) in [7, 11) is -1.06. The van der Waals surface area contributed by atoms with Crippen molar-refractivity contribution in [3.8, 4) is 11.1 Å². The van der Waals surface area contributed by atoms with E-state index in [9.17, 15) is 13.8 Å². The van der Waals surface area contributed by atoms with Gasteiger partial charge in [0.15, 0.2) is 0 Å². The second kappa shape index (κ2) is 8.48. The summed E-state index contributed by atoms with van der Waals surface area (Å²) in [6, 6.07) is 6.83. The number of hydrogen-bond acceptors (Lipinski definition) is 4. The van der Waals surface area contributed by atoms with Crippen LogP contribution in [0.25, 0.3) is 22.0 Å². The Morgan fingerprint density at radius 1 is 1.20 bits per heavy atom. The number of aromatic amines is 1. The van der Waals surface area contributed by atoms with Crippen molar-refractivity contribution in [2.45, 2.75) is 51.5 Å². The Labute approximate surface area is 205 Å². The third kappa shape index (κ3) is 4.22. The van der Waals surface area contributed by atoms with Gasteiger partial charge < -0.3 is 20.4 Å². The number of aryl methyl sites for hydroxylation is 1. The van der Waals surface area contributed by atoms with Crippen LogP contribution in [0.2, 0.25) is 0 Å². The average molecular weight is 498 g/mol. The quantitative estimate of drug-likeness (QED) is 0.554. The fourth-order valence-electron chi connectivity index (χ4n) is 5.06. The number of carbonyl (C=O) groups is 2. The van der Waals surface area contributed by atoms with Gasteiger partial charge in [0.2, 0.25) is 0 Å². The number of nitrogens with two attached hydrogens (primary N) is 1. The van der Waals surface area contributed by atoms with Gasteiger partial charge in [-0.3, -0.25) is 9.00 Å². The number of halogens is 1. The number of rotatable bonds is 2. The molecule has 1 aromatic heterocycles. The molecule has 2 aromatic carbocycles. The van der Waals surface area contributed by atoms with E-state index < -0.39 is 28.1 Å². The molecule has 0 bridgehead atoms. The third-order valence-corrected chi connectivity index (χ3v) is 7.83. The van der Waals surface area contributed by atoms with Crippen molar-refractivity contribution in [3.63, 3.8) is 0 Å². The Morgan fingerprint density at radius 2 is 1.97 bits per heavy atom. The number of ether oxygens (including phenoxy) is 1. The molecule has 5 rings (SSSR count). The van der Waals surface area contributed by atoms with E-state index in [2.05, 4.69) is 4.98 Å². The lowest BCUT2D eigenvalue weighted by molar-refractivity contribution is 0.0224. The molecule has 0 radical (unpaired) electrons. The van der Waals surface area contributed by atoms with Gasteiger partial charge in [-0.2, -0.15) is 0 Å². The molecule has 2 aliphatic rings. The van der Waals surface area contributed by atoms with Crippen LogP contribution in [0.3, 0.4) is 0 Å². The van der Waals surface area contributed by atoms with Crippen LogP contribution in [0.4, 0.5) is 9.18 Å². The van der Waals surface area contributed by atoms with Gasteiger partial charge in [-0.15, -0.1) is 0 Å². The van der Waals surface area contributed by atoms with Crippen molar-refractivity contribution in [2.75, 3.05) is 12.3 Å². The molecule has 2 aliphatic heterocycles. The lowest BCUT2D eigenvalue weighted by atomic mass is 9.87. The van der Waals surface area contributed by atoms with Gasteiger partial charge in [0.1, 0.15) is 11.4 Å². The predicted octanol–water partition coefficient (Wildman–Crippen LogP) is 4.17. The smallest absolute Gasteiger partial charge is 0.410 e. The topological polar surface area (TPSA) is 105 Å². The maximum atomic E-state index is 15.7. The minimum atomic E-state index is -1.06. The van der Waals surface area contributed by atoms with Gasteiger partial charge in [0, 0.05) is 46.3 Å². The normalized spacial score (nSPS) is 17.7. The maximum absolute atomic E-state index is 15.7. The average Bonchev–Trinajstić information content (AvgIpc) is 3.15. The number of nitrogens with one attached hydrogen (secondary N) is 1. The Morgan fingerprint density at radius 3 is 2.69 bits per heavy atom. The van der Waals surface area contributed by atoms with Crippen LogP contribution < -0.4 is 5.73 Å². The van der Waals surface area contributed by atoms with Crippen LogP contribution in [0.1, 0.15) is 53.5 Å². The van der Waals surface area contributed by atoms with Crippen molar-refractivity contribution in [3.05, 3.63) is 58.0 Å². The molecule has 184 valence electrons. The lowest BCUT2D eigenvalue weighted by Crippen LogP contribution is -2.40. The van der Waals surface area contributed by atoms with Crippen LogP contribution in [-0.4, -0.2) is 44.0 Å². The van der Waals surface area contributed by atoms with E-state index in [4.69, 9.17) is 10.5 Å². The van der Waals surface area contributed by atoms with E-state index in [1.54, 1.807) is 4.90 Å². The molecule has 1 atom stereocenters. The summed E-state index contributed by atoms with van der Waals surface area (Å²) in [6.07, 6.45) is 0.713. The number of nitrogens with zero attached hydrogens (tertiary/aromatic N) is 1. The monoisotopic (exact) mass is 497 g/mol. The Hall–Kier alpha value is -3.20. The number of aromatic nitrogens is 1. The Kier molecular flexibility index (Phi) is 5.70. The first-order valence-corrected chi connectivity index (χ1v) is 13.1. The standard InChI is InChI=1S/C26H28FN3O4S/c1-26(2,3)34-25(32)30-9-7-15-14(12-30)5-4-6-16(15)21-19(27)11-17(24(28)31)23-22(21)18-13-35(33)10-8-20(18)29-23/h4-6,11,29H,7-10,12-13H2,1-3H3,(H2,28,31). The number of primary amides is 1. The molecule has 0 fully saturated rings. The van der Waals surface area contributed by atoms with Crippen molar-refractivity contribution >= 4 is 33.7 Å². The summed E-state index contributed by atoms with van der Waals surface area (Å²) in [5.74, 6) is -0.452. The zero-order valence-corrected chi connectivity index (χ0v) is 20.8.